The average Bonchev–Trinajstić information content (AvgIpc) is 2.25. The van der Waals surface area contributed by atoms with Gasteiger partial charge in [-0.15, -0.1) is 0 Å². The standard InChI is InChI=1S/C12H27NO2/c1-6-12(7-2,10-13)15-9-8-11(3,4)14-5/h6-10,13H2,1-5H3. The molecule has 0 bridgehead atoms. The second kappa shape index (κ2) is 6.46. The topological polar surface area (TPSA) is 44.5 Å². The number of nitrogens with two attached hydrogens (primary N) is 1. The predicted octanol–water partition coefficient (Wildman–Crippen LogP) is 2.34. The van der Waals surface area contributed by atoms with E-state index >= 15 is 0 Å². The van der Waals surface area contributed by atoms with Gasteiger partial charge in [0.15, 0.2) is 0 Å². The Morgan fingerprint density at radius 3 is 2.00 bits per heavy atom. The zero-order chi connectivity index (χ0) is 11.9. The number of methoxy groups -OCH3 is 1. The first-order valence-corrected chi connectivity index (χ1v) is 5.84. The molecule has 3 nitrogen and oxygen atoms in total. The minimum Gasteiger partial charge on any atom is -0.379 e. The van der Waals surface area contributed by atoms with Gasteiger partial charge in [-0.2, -0.15) is 0 Å². The van der Waals surface area contributed by atoms with Crippen LogP contribution in [0.1, 0.15) is 47.0 Å². The summed E-state index contributed by atoms with van der Waals surface area (Å²) in [5.41, 5.74) is 5.51. The van der Waals surface area contributed by atoms with Gasteiger partial charge in [0.05, 0.1) is 17.8 Å². The molecule has 0 aliphatic rings. The third-order valence-corrected chi connectivity index (χ3v) is 3.33. The minimum atomic E-state index is -0.135. The highest BCUT2D eigenvalue weighted by atomic mass is 16.5. The maximum Gasteiger partial charge on any atom is 0.0798 e. The van der Waals surface area contributed by atoms with Crippen molar-refractivity contribution in [1.29, 1.82) is 0 Å². The summed E-state index contributed by atoms with van der Waals surface area (Å²) in [6, 6.07) is 0. The van der Waals surface area contributed by atoms with Crippen LogP contribution in [0.3, 0.4) is 0 Å². The molecule has 0 heterocycles. The van der Waals surface area contributed by atoms with E-state index in [0.29, 0.717) is 13.2 Å². The molecule has 15 heavy (non-hydrogen) atoms. The van der Waals surface area contributed by atoms with Crippen LogP contribution < -0.4 is 5.73 Å². The highest BCUT2D eigenvalue weighted by Gasteiger charge is 2.26. The van der Waals surface area contributed by atoms with Crippen molar-refractivity contribution < 1.29 is 9.47 Å². The van der Waals surface area contributed by atoms with Crippen molar-refractivity contribution >= 4 is 0 Å². The van der Waals surface area contributed by atoms with Crippen LogP contribution in [0.4, 0.5) is 0 Å². The predicted molar refractivity (Wildman–Crippen MR) is 64.0 cm³/mol. The molecule has 92 valence electrons. The molecular formula is C12H27NO2. The van der Waals surface area contributed by atoms with Crippen LogP contribution in [-0.4, -0.2) is 31.5 Å². The molecule has 0 aliphatic heterocycles. The normalized spacial score (nSPS) is 13.2. The van der Waals surface area contributed by atoms with E-state index in [9.17, 15) is 0 Å². The Hall–Kier alpha value is -0.120. The monoisotopic (exact) mass is 217 g/mol. The largest absolute Gasteiger partial charge is 0.379 e. The van der Waals surface area contributed by atoms with E-state index < -0.39 is 0 Å². The summed E-state index contributed by atoms with van der Waals surface area (Å²) in [4.78, 5) is 0. The lowest BCUT2D eigenvalue weighted by Gasteiger charge is -2.32. The highest BCUT2D eigenvalue weighted by molar-refractivity contribution is 4.79. The van der Waals surface area contributed by atoms with E-state index in [0.717, 1.165) is 19.3 Å². The van der Waals surface area contributed by atoms with Crippen molar-refractivity contribution in [3.63, 3.8) is 0 Å². The molecule has 0 aromatic rings. The molecule has 2 N–H and O–H groups in total. The zero-order valence-electron chi connectivity index (χ0n) is 10.9. The van der Waals surface area contributed by atoms with E-state index in [4.69, 9.17) is 15.2 Å². The lowest BCUT2D eigenvalue weighted by molar-refractivity contribution is -0.0742. The number of ether oxygens (including phenoxy) is 2. The molecule has 0 aromatic heterocycles. The number of hydrogen-bond acceptors (Lipinski definition) is 3. The first-order valence-electron chi connectivity index (χ1n) is 5.84. The van der Waals surface area contributed by atoms with Crippen LogP contribution in [0.2, 0.25) is 0 Å². The fourth-order valence-electron chi connectivity index (χ4n) is 1.42. The van der Waals surface area contributed by atoms with Crippen molar-refractivity contribution in [3.05, 3.63) is 0 Å². The van der Waals surface area contributed by atoms with Crippen molar-refractivity contribution in [2.24, 2.45) is 5.73 Å². The molecule has 0 aliphatic carbocycles. The third kappa shape index (κ3) is 4.96. The van der Waals surface area contributed by atoms with Gasteiger partial charge in [-0.3, -0.25) is 0 Å². The second-order valence-corrected chi connectivity index (χ2v) is 4.66. The fraction of sp³-hybridized carbons (Fsp3) is 1.00. The molecule has 0 saturated carbocycles. The van der Waals surface area contributed by atoms with Gasteiger partial charge >= 0.3 is 0 Å². The molecule has 0 fully saturated rings. The Balaban J connectivity index is 4.02. The minimum absolute atomic E-state index is 0.109. The first-order chi connectivity index (χ1) is 6.95. The van der Waals surface area contributed by atoms with Crippen LogP contribution in [-0.2, 0) is 9.47 Å². The van der Waals surface area contributed by atoms with Crippen molar-refractivity contribution in [1.82, 2.24) is 0 Å². The summed E-state index contributed by atoms with van der Waals surface area (Å²) in [5.74, 6) is 0. The molecular weight excluding hydrogens is 190 g/mol. The molecule has 0 rings (SSSR count). The lowest BCUT2D eigenvalue weighted by atomic mass is 9.97. The molecule has 0 amide bonds. The van der Waals surface area contributed by atoms with Gasteiger partial charge in [0, 0.05) is 13.7 Å². The molecule has 0 spiro atoms. The first kappa shape index (κ1) is 14.9. The summed E-state index contributed by atoms with van der Waals surface area (Å²) in [7, 11) is 1.73. The summed E-state index contributed by atoms with van der Waals surface area (Å²) < 4.78 is 11.3. The van der Waals surface area contributed by atoms with E-state index in [1.54, 1.807) is 7.11 Å². The van der Waals surface area contributed by atoms with Crippen molar-refractivity contribution in [2.45, 2.75) is 58.2 Å². The number of hydrogen-bond donors (Lipinski definition) is 1. The Kier molecular flexibility index (Phi) is 6.41. The van der Waals surface area contributed by atoms with Crippen LogP contribution in [0, 0.1) is 0 Å². The summed E-state index contributed by atoms with van der Waals surface area (Å²) in [5, 5.41) is 0. The SMILES string of the molecule is CCC(CC)(CN)OCCC(C)(C)OC. The highest BCUT2D eigenvalue weighted by Crippen LogP contribution is 2.21. The van der Waals surface area contributed by atoms with Gasteiger partial charge in [-0.1, -0.05) is 13.8 Å². The van der Waals surface area contributed by atoms with E-state index in [1.807, 2.05) is 0 Å². The van der Waals surface area contributed by atoms with E-state index in [-0.39, 0.29) is 11.2 Å². The van der Waals surface area contributed by atoms with Gasteiger partial charge in [0.1, 0.15) is 0 Å². The van der Waals surface area contributed by atoms with Crippen LogP contribution in [0.15, 0.2) is 0 Å². The van der Waals surface area contributed by atoms with E-state index in [1.165, 1.54) is 0 Å². The molecule has 0 saturated heterocycles. The van der Waals surface area contributed by atoms with Gasteiger partial charge in [0.25, 0.3) is 0 Å². The Morgan fingerprint density at radius 2 is 1.67 bits per heavy atom. The second-order valence-electron chi connectivity index (χ2n) is 4.66. The summed E-state index contributed by atoms with van der Waals surface area (Å²) >= 11 is 0. The third-order valence-electron chi connectivity index (χ3n) is 3.33. The Morgan fingerprint density at radius 1 is 1.13 bits per heavy atom. The molecule has 0 aromatic carbocycles. The van der Waals surface area contributed by atoms with Crippen LogP contribution >= 0.6 is 0 Å². The molecule has 3 heteroatoms. The van der Waals surface area contributed by atoms with Crippen LogP contribution in [0.5, 0.6) is 0 Å². The Labute approximate surface area is 94.3 Å². The smallest absolute Gasteiger partial charge is 0.0798 e. The quantitative estimate of drug-likeness (QED) is 0.678. The lowest BCUT2D eigenvalue weighted by Crippen LogP contribution is -2.40. The van der Waals surface area contributed by atoms with E-state index in [2.05, 4.69) is 27.7 Å². The average molecular weight is 217 g/mol. The van der Waals surface area contributed by atoms with Crippen molar-refractivity contribution in [2.75, 3.05) is 20.3 Å². The van der Waals surface area contributed by atoms with Gasteiger partial charge < -0.3 is 15.2 Å². The molecule has 0 radical (unpaired) electrons. The molecule has 0 unspecified atom stereocenters. The van der Waals surface area contributed by atoms with Gasteiger partial charge in [0.2, 0.25) is 0 Å². The Bertz CT molecular complexity index is 157. The maximum atomic E-state index is 5.91. The fourth-order valence-corrected chi connectivity index (χ4v) is 1.42. The summed E-state index contributed by atoms with van der Waals surface area (Å²) in [6.07, 6.45) is 2.83. The van der Waals surface area contributed by atoms with Crippen LogP contribution in [0.25, 0.3) is 0 Å². The van der Waals surface area contributed by atoms with Gasteiger partial charge in [-0.25, -0.2) is 0 Å². The van der Waals surface area contributed by atoms with Gasteiger partial charge in [-0.05, 0) is 33.1 Å². The number of rotatable bonds is 8. The zero-order valence-corrected chi connectivity index (χ0v) is 10.9. The maximum absolute atomic E-state index is 5.91. The summed E-state index contributed by atoms with van der Waals surface area (Å²) in [6.45, 7) is 9.68. The van der Waals surface area contributed by atoms with Crippen molar-refractivity contribution in [3.8, 4) is 0 Å². The molecule has 0 atom stereocenters.